The zero-order valence-corrected chi connectivity index (χ0v) is 15.5. The summed E-state index contributed by atoms with van der Waals surface area (Å²) < 4.78 is 29.0. The van der Waals surface area contributed by atoms with Gasteiger partial charge in [0.25, 0.3) is 0 Å². The van der Waals surface area contributed by atoms with Crippen molar-refractivity contribution in [3.8, 4) is 5.75 Å². The minimum Gasteiger partial charge on any atom is -0.487 e. The lowest BCUT2D eigenvalue weighted by atomic mass is 10.2. The van der Waals surface area contributed by atoms with Crippen molar-refractivity contribution in [2.24, 2.45) is 5.14 Å². The Morgan fingerprint density at radius 3 is 2.60 bits per heavy atom. The van der Waals surface area contributed by atoms with Crippen LogP contribution in [-0.4, -0.2) is 13.4 Å². The van der Waals surface area contributed by atoms with Crippen LogP contribution >= 0.6 is 23.2 Å². The number of nitrogens with two attached hydrogens (primary N) is 1. The Kier molecular flexibility index (Phi) is 4.88. The highest BCUT2D eigenvalue weighted by molar-refractivity contribution is 7.89. The van der Waals surface area contributed by atoms with Crippen molar-refractivity contribution in [1.82, 2.24) is 4.98 Å². The van der Waals surface area contributed by atoms with E-state index in [1.807, 2.05) is 31.2 Å². The van der Waals surface area contributed by atoms with Gasteiger partial charge in [-0.05, 0) is 31.2 Å². The molecule has 2 aromatic carbocycles. The van der Waals surface area contributed by atoms with Crippen molar-refractivity contribution in [3.63, 3.8) is 0 Å². The van der Waals surface area contributed by atoms with E-state index in [1.165, 1.54) is 12.1 Å². The number of primary sulfonamides is 1. The number of fused-ring (bicyclic) bond motifs is 1. The third-order valence-electron chi connectivity index (χ3n) is 3.65. The van der Waals surface area contributed by atoms with Crippen molar-refractivity contribution in [2.75, 3.05) is 0 Å². The molecule has 0 bridgehead atoms. The monoisotopic (exact) mass is 396 g/mol. The molecule has 0 unspecified atom stereocenters. The SMILES string of the molecule is Cc1ccc2cccc(OCc3c(Cl)ccc(S(N)(=O)=O)c3Cl)c2n1. The fraction of sp³-hybridized carbons (Fsp3) is 0.118. The average Bonchev–Trinajstić information content (AvgIpc) is 2.53. The van der Waals surface area contributed by atoms with Gasteiger partial charge in [-0.15, -0.1) is 0 Å². The van der Waals surface area contributed by atoms with E-state index in [0.717, 1.165) is 11.1 Å². The molecular weight excluding hydrogens is 383 g/mol. The maximum Gasteiger partial charge on any atom is 0.239 e. The van der Waals surface area contributed by atoms with E-state index >= 15 is 0 Å². The van der Waals surface area contributed by atoms with Crippen LogP contribution in [0.25, 0.3) is 10.9 Å². The van der Waals surface area contributed by atoms with Crippen molar-refractivity contribution < 1.29 is 13.2 Å². The summed E-state index contributed by atoms with van der Waals surface area (Å²) in [6.07, 6.45) is 0. The van der Waals surface area contributed by atoms with Crippen LogP contribution < -0.4 is 9.88 Å². The highest BCUT2D eigenvalue weighted by Gasteiger charge is 2.19. The number of nitrogens with zero attached hydrogens (tertiary/aromatic N) is 1. The standard InChI is InChI=1S/C17H14Cl2N2O3S/c1-10-5-6-11-3-2-4-14(17(11)21-10)24-9-12-13(18)7-8-15(16(12)19)25(20,22)23/h2-8H,9H2,1H3,(H2,20,22,23). The molecule has 0 saturated carbocycles. The first-order valence-electron chi connectivity index (χ1n) is 7.26. The molecule has 8 heteroatoms. The van der Waals surface area contributed by atoms with E-state index in [4.69, 9.17) is 33.1 Å². The maximum absolute atomic E-state index is 11.6. The first kappa shape index (κ1) is 17.9. The van der Waals surface area contributed by atoms with Gasteiger partial charge in [0.15, 0.2) is 0 Å². The van der Waals surface area contributed by atoms with Gasteiger partial charge in [-0.25, -0.2) is 18.5 Å². The molecule has 5 nitrogen and oxygen atoms in total. The quantitative estimate of drug-likeness (QED) is 0.719. The van der Waals surface area contributed by atoms with E-state index in [-0.39, 0.29) is 16.5 Å². The van der Waals surface area contributed by atoms with Gasteiger partial charge in [0.05, 0.1) is 5.02 Å². The average molecular weight is 397 g/mol. The molecule has 0 atom stereocenters. The number of para-hydroxylation sites is 1. The second-order valence-electron chi connectivity index (χ2n) is 5.45. The first-order chi connectivity index (χ1) is 11.8. The normalized spacial score (nSPS) is 11.7. The second kappa shape index (κ2) is 6.80. The Morgan fingerprint density at radius 2 is 1.88 bits per heavy atom. The van der Waals surface area contributed by atoms with Crippen LogP contribution in [0.4, 0.5) is 0 Å². The molecule has 0 saturated heterocycles. The molecule has 0 radical (unpaired) electrons. The Balaban J connectivity index is 1.99. The van der Waals surface area contributed by atoms with Crippen molar-refractivity contribution >= 4 is 44.1 Å². The lowest BCUT2D eigenvalue weighted by Crippen LogP contribution is -2.14. The van der Waals surface area contributed by atoms with Crippen molar-refractivity contribution in [2.45, 2.75) is 18.4 Å². The molecule has 0 aliphatic heterocycles. The molecule has 0 spiro atoms. The number of sulfonamides is 1. The van der Waals surface area contributed by atoms with Crippen LogP contribution in [0, 0.1) is 6.92 Å². The van der Waals surface area contributed by atoms with Crippen LogP contribution in [0.5, 0.6) is 5.75 Å². The lowest BCUT2D eigenvalue weighted by Gasteiger charge is -2.13. The van der Waals surface area contributed by atoms with Gasteiger partial charge in [0.1, 0.15) is 22.8 Å². The van der Waals surface area contributed by atoms with Crippen molar-refractivity contribution in [1.29, 1.82) is 0 Å². The van der Waals surface area contributed by atoms with Crippen LogP contribution in [0.3, 0.4) is 0 Å². The fourth-order valence-electron chi connectivity index (χ4n) is 2.41. The zero-order chi connectivity index (χ0) is 18.2. The molecule has 3 rings (SSSR count). The predicted molar refractivity (Wildman–Crippen MR) is 98.6 cm³/mol. The third kappa shape index (κ3) is 3.72. The number of halogens is 2. The number of rotatable bonds is 4. The summed E-state index contributed by atoms with van der Waals surface area (Å²) in [4.78, 5) is 4.29. The van der Waals surface area contributed by atoms with E-state index in [2.05, 4.69) is 4.98 Å². The summed E-state index contributed by atoms with van der Waals surface area (Å²) >= 11 is 12.3. The Bertz CT molecular complexity index is 1070. The van der Waals surface area contributed by atoms with Gasteiger partial charge in [-0.1, -0.05) is 41.4 Å². The smallest absolute Gasteiger partial charge is 0.239 e. The summed E-state index contributed by atoms with van der Waals surface area (Å²) in [5.41, 5.74) is 1.91. The number of benzene rings is 2. The molecular formula is C17H14Cl2N2O3S. The number of aromatic nitrogens is 1. The molecule has 1 heterocycles. The van der Waals surface area contributed by atoms with Gasteiger partial charge in [-0.2, -0.15) is 0 Å². The second-order valence-corrected chi connectivity index (χ2v) is 7.77. The minimum atomic E-state index is -3.95. The van der Waals surface area contributed by atoms with Crippen molar-refractivity contribution in [3.05, 3.63) is 63.8 Å². The minimum absolute atomic E-state index is 0.0181. The zero-order valence-electron chi connectivity index (χ0n) is 13.2. The van der Waals surface area contributed by atoms with E-state index in [0.29, 0.717) is 21.9 Å². The summed E-state index contributed by atoms with van der Waals surface area (Å²) in [6.45, 7) is 1.87. The number of hydrogen-bond donors (Lipinski definition) is 1. The van der Waals surface area contributed by atoms with Gasteiger partial charge in [0.2, 0.25) is 10.0 Å². The van der Waals surface area contributed by atoms with Crippen LogP contribution in [-0.2, 0) is 16.6 Å². The van der Waals surface area contributed by atoms with Crippen LogP contribution in [0.15, 0.2) is 47.4 Å². The van der Waals surface area contributed by atoms with E-state index < -0.39 is 10.0 Å². The Hall–Kier alpha value is -1.86. The molecule has 0 fully saturated rings. The molecule has 0 aliphatic carbocycles. The van der Waals surface area contributed by atoms with Gasteiger partial charge in [0, 0.05) is 21.7 Å². The highest BCUT2D eigenvalue weighted by atomic mass is 35.5. The number of aryl methyl sites for hydroxylation is 1. The molecule has 1 aromatic heterocycles. The highest BCUT2D eigenvalue weighted by Crippen LogP contribution is 2.32. The largest absolute Gasteiger partial charge is 0.487 e. The Labute approximate surface area is 155 Å². The lowest BCUT2D eigenvalue weighted by molar-refractivity contribution is 0.309. The third-order valence-corrected chi connectivity index (χ3v) is 5.50. The van der Waals surface area contributed by atoms with Gasteiger partial charge in [-0.3, -0.25) is 0 Å². The van der Waals surface area contributed by atoms with Gasteiger partial charge < -0.3 is 4.74 Å². The number of pyridine rings is 1. The maximum atomic E-state index is 11.6. The molecule has 0 aliphatic rings. The van der Waals surface area contributed by atoms with E-state index in [1.54, 1.807) is 6.07 Å². The summed E-state index contributed by atoms with van der Waals surface area (Å²) in [7, 11) is -3.95. The topological polar surface area (TPSA) is 82.3 Å². The molecule has 130 valence electrons. The number of ether oxygens (including phenoxy) is 1. The number of hydrogen-bond acceptors (Lipinski definition) is 4. The molecule has 0 amide bonds. The molecule has 25 heavy (non-hydrogen) atoms. The summed E-state index contributed by atoms with van der Waals surface area (Å²) in [5.74, 6) is 0.550. The fourth-order valence-corrected chi connectivity index (χ4v) is 3.85. The molecule has 3 aromatic rings. The predicted octanol–water partition coefficient (Wildman–Crippen LogP) is 4.08. The van der Waals surface area contributed by atoms with Crippen LogP contribution in [0.1, 0.15) is 11.3 Å². The summed E-state index contributed by atoms with van der Waals surface area (Å²) in [5, 5.41) is 6.35. The first-order valence-corrected chi connectivity index (χ1v) is 9.56. The summed E-state index contributed by atoms with van der Waals surface area (Å²) in [6, 6.07) is 12.1. The van der Waals surface area contributed by atoms with E-state index in [9.17, 15) is 8.42 Å². The van der Waals surface area contributed by atoms with Gasteiger partial charge >= 0.3 is 0 Å². The molecule has 2 N–H and O–H groups in total. The Morgan fingerprint density at radius 1 is 1.12 bits per heavy atom. The van der Waals surface area contributed by atoms with Crippen LogP contribution in [0.2, 0.25) is 10.0 Å².